The number of anilines is 1. The molecule has 1 aliphatic rings. The van der Waals surface area contributed by atoms with Gasteiger partial charge in [0.05, 0.1) is 30.1 Å². The first-order chi connectivity index (χ1) is 11.2. The van der Waals surface area contributed by atoms with E-state index in [-0.39, 0.29) is 23.6 Å². The Morgan fingerprint density at radius 3 is 3.13 bits per heavy atom. The number of hydrogen-bond acceptors (Lipinski definition) is 4. The third-order valence-corrected chi connectivity index (χ3v) is 4.00. The second kappa shape index (κ2) is 6.87. The van der Waals surface area contributed by atoms with Crippen LogP contribution in [0.5, 0.6) is 0 Å². The van der Waals surface area contributed by atoms with Crippen LogP contribution in [0.1, 0.15) is 31.4 Å². The van der Waals surface area contributed by atoms with Gasteiger partial charge in [-0.15, -0.1) is 0 Å². The normalized spacial score (nSPS) is 21.1. The summed E-state index contributed by atoms with van der Waals surface area (Å²) in [5, 5.41) is 6.88. The molecule has 3 rings (SSSR count). The van der Waals surface area contributed by atoms with E-state index in [1.54, 1.807) is 10.9 Å². The quantitative estimate of drug-likeness (QED) is 0.940. The zero-order valence-corrected chi connectivity index (χ0v) is 12.9. The van der Waals surface area contributed by atoms with Gasteiger partial charge in [0.2, 0.25) is 5.91 Å². The fraction of sp³-hybridized carbons (Fsp3) is 0.438. The number of rotatable bonds is 4. The highest BCUT2D eigenvalue weighted by molar-refractivity contribution is 5.93. The fourth-order valence-electron chi connectivity index (χ4n) is 2.78. The molecule has 2 atom stereocenters. The number of carbonyl (C=O) groups is 1. The van der Waals surface area contributed by atoms with E-state index in [0.717, 1.165) is 24.7 Å². The Hall–Kier alpha value is -2.28. The van der Waals surface area contributed by atoms with Gasteiger partial charge in [0.1, 0.15) is 0 Å². The van der Waals surface area contributed by atoms with E-state index in [1.165, 1.54) is 12.3 Å². The minimum absolute atomic E-state index is 0.138. The third kappa shape index (κ3) is 3.39. The summed E-state index contributed by atoms with van der Waals surface area (Å²) in [6.07, 6.45) is 7.29. The molecule has 0 aromatic carbocycles. The Bertz CT molecular complexity index is 688. The molecule has 6 nitrogen and oxygen atoms in total. The molecule has 2 aromatic heterocycles. The van der Waals surface area contributed by atoms with Crippen molar-refractivity contribution in [3.05, 3.63) is 42.2 Å². The first-order valence-corrected chi connectivity index (χ1v) is 7.73. The number of halogens is 1. The van der Waals surface area contributed by atoms with Gasteiger partial charge in [-0.05, 0) is 25.8 Å². The molecular weight excluding hydrogens is 299 g/mol. The second-order valence-corrected chi connectivity index (χ2v) is 5.51. The van der Waals surface area contributed by atoms with Gasteiger partial charge in [0.25, 0.3) is 0 Å². The summed E-state index contributed by atoms with van der Waals surface area (Å²) in [4.78, 5) is 16.3. The lowest BCUT2D eigenvalue weighted by molar-refractivity contribution is -0.129. The predicted octanol–water partition coefficient (Wildman–Crippen LogP) is 2.54. The van der Waals surface area contributed by atoms with Crippen LogP contribution >= 0.6 is 0 Å². The SMILES string of the molecule is CCn1cc([C@@H]2OCCC[C@H]2C(=O)Nc2ccncc2F)cn1. The summed E-state index contributed by atoms with van der Waals surface area (Å²) in [6.45, 7) is 3.36. The molecule has 1 aliphatic heterocycles. The van der Waals surface area contributed by atoms with Crippen LogP contribution in [0, 0.1) is 11.7 Å². The lowest BCUT2D eigenvalue weighted by atomic mass is 9.90. The van der Waals surface area contributed by atoms with Gasteiger partial charge in [-0.3, -0.25) is 14.5 Å². The van der Waals surface area contributed by atoms with Gasteiger partial charge in [0, 0.05) is 31.1 Å². The van der Waals surface area contributed by atoms with Crippen molar-refractivity contribution in [1.82, 2.24) is 14.8 Å². The Morgan fingerprint density at radius 2 is 2.39 bits per heavy atom. The smallest absolute Gasteiger partial charge is 0.230 e. The number of nitrogens with zero attached hydrogens (tertiary/aromatic N) is 3. The van der Waals surface area contributed by atoms with Crippen molar-refractivity contribution in [3.8, 4) is 0 Å². The lowest BCUT2D eigenvalue weighted by Gasteiger charge is -2.30. The van der Waals surface area contributed by atoms with Crippen LogP contribution in [0.25, 0.3) is 0 Å². The van der Waals surface area contributed by atoms with Crippen LogP contribution in [0.15, 0.2) is 30.9 Å². The van der Waals surface area contributed by atoms with Gasteiger partial charge in [0.15, 0.2) is 5.82 Å². The molecule has 0 spiro atoms. The molecule has 1 amide bonds. The minimum atomic E-state index is -0.548. The van der Waals surface area contributed by atoms with E-state index in [2.05, 4.69) is 15.4 Å². The van der Waals surface area contributed by atoms with E-state index >= 15 is 0 Å². The maximum atomic E-state index is 13.7. The van der Waals surface area contributed by atoms with Gasteiger partial charge in [-0.25, -0.2) is 4.39 Å². The third-order valence-electron chi connectivity index (χ3n) is 4.00. The van der Waals surface area contributed by atoms with E-state index < -0.39 is 5.82 Å². The maximum absolute atomic E-state index is 13.7. The average Bonchev–Trinajstić information content (AvgIpc) is 3.06. The highest BCUT2D eigenvalue weighted by atomic mass is 19.1. The van der Waals surface area contributed by atoms with Crippen LogP contribution in [-0.4, -0.2) is 27.3 Å². The molecule has 23 heavy (non-hydrogen) atoms. The number of pyridine rings is 1. The van der Waals surface area contributed by atoms with Crippen molar-refractivity contribution >= 4 is 11.6 Å². The summed E-state index contributed by atoms with van der Waals surface area (Å²) in [5.41, 5.74) is 1.01. The molecule has 122 valence electrons. The molecule has 0 aliphatic carbocycles. The maximum Gasteiger partial charge on any atom is 0.230 e. The molecule has 7 heteroatoms. The van der Waals surface area contributed by atoms with Crippen molar-refractivity contribution in [2.45, 2.75) is 32.4 Å². The highest BCUT2D eigenvalue weighted by Crippen LogP contribution is 2.34. The van der Waals surface area contributed by atoms with Crippen LogP contribution in [-0.2, 0) is 16.1 Å². The summed E-state index contributed by atoms with van der Waals surface area (Å²) >= 11 is 0. The monoisotopic (exact) mass is 318 g/mol. The first-order valence-electron chi connectivity index (χ1n) is 7.73. The second-order valence-electron chi connectivity index (χ2n) is 5.51. The molecule has 2 aromatic rings. The van der Waals surface area contributed by atoms with Crippen molar-refractivity contribution in [1.29, 1.82) is 0 Å². The van der Waals surface area contributed by atoms with Gasteiger partial charge in [-0.1, -0.05) is 0 Å². The summed E-state index contributed by atoms with van der Waals surface area (Å²) in [5.74, 6) is -1.16. The van der Waals surface area contributed by atoms with Crippen LogP contribution in [0.2, 0.25) is 0 Å². The zero-order valence-electron chi connectivity index (χ0n) is 12.9. The lowest BCUT2D eigenvalue weighted by Crippen LogP contribution is -2.33. The average molecular weight is 318 g/mol. The number of ether oxygens (including phenoxy) is 1. The summed E-state index contributed by atoms with van der Waals surface area (Å²) in [6, 6.07) is 1.45. The molecule has 0 saturated carbocycles. The fourth-order valence-corrected chi connectivity index (χ4v) is 2.78. The van der Waals surface area contributed by atoms with Gasteiger partial charge in [-0.2, -0.15) is 5.10 Å². The number of nitrogens with one attached hydrogen (secondary N) is 1. The van der Waals surface area contributed by atoms with E-state index in [9.17, 15) is 9.18 Å². The number of aryl methyl sites for hydroxylation is 1. The Balaban J connectivity index is 1.78. The molecule has 1 fully saturated rings. The van der Waals surface area contributed by atoms with Gasteiger partial charge < -0.3 is 10.1 Å². The van der Waals surface area contributed by atoms with Crippen LogP contribution in [0.3, 0.4) is 0 Å². The molecule has 1 N–H and O–H groups in total. The standard InChI is InChI=1S/C16H19FN4O2/c1-2-21-10-11(8-19-21)15-12(4-3-7-23-15)16(22)20-14-5-6-18-9-13(14)17/h5-6,8-10,12,15H,2-4,7H2,1H3,(H,18,20,22)/t12-,15+/m1/s1. The minimum Gasteiger partial charge on any atom is -0.373 e. The molecule has 0 bridgehead atoms. The molecule has 0 unspecified atom stereocenters. The van der Waals surface area contributed by atoms with Crippen molar-refractivity contribution in [2.24, 2.45) is 5.92 Å². The summed E-state index contributed by atoms with van der Waals surface area (Å²) in [7, 11) is 0. The molecular formula is C16H19FN4O2. The number of hydrogen-bond donors (Lipinski definition) is 1. The molecule has 3 heterocycles. The zero-order chi connectivity index (χ0) is 16.2. The van der Waals surface area contributed by atoms with E-state index in [1.807, 2.05) is 13.1 Å². The first kappa shape index (κ1) is 15.6. The van der Waals surface area contributed by atoms with Gasteiger partial charge >= 0.3 is 0 Å². The van der Waals surface area contributed by atoms with E-state index in [4.69, 9.17) is 4.74 Å². The Morgan fingerprint density at radius 1 is 1.52 bits per heavy atom. The Kier molecular flexibility index (Phi) is 4.66. The van der Waals surface area contributed by atoms with Crippen LogP contribution in [0.4, 0.5) is 10.1 Å². The number of aromatic nitrogens is 3. The largest absolute Gasteiger partial charge is 0.373 e. The van der Waals surface area contributed by atoms with Crippen molar-refractivity contribution in [3.63, 3.8) is 0 Å². The molecule has 0 radical (unpaired) electrons. The molecule has 1 saturated heterocycles. The number of carbonyl (C=O) groups excluding carboxylic acids is 1. The number of amides is 1. The highest BCUT2D eigenvalue weighted by Gasteiger charge is 2.34. The predicted molar refractivity (Wildman–Crippen MR) is 82.1 cm³/mol. The Labute approximate surface area is 133 Å². The topological polar surface area (TPSA) is 69.0 Å². The summed E-state index contributed by atoms with van der Waals surface area (Å²) < 4.78 is 21.3. The van der Waals surface area contributed by atoms with Crippen molar-refractivity contribution < 1.29 is 13.9 Å². The van der Waals surface area contributed by atoms with E-state index in [0.29, 0.717) is 13.0 Å². The van der Waals surface area contributed by atoms with Crippen LogP contribution < -0.4 is 5.32 Å². The van der Waals surface area contributed by atoms with Crippen molar-refractivity contribution in [2.75, 3.05) is 11.9 Å².